The summed E-state index contributed by atoms with van der Waals surface area (Å²) in [6, 6.07) is 11.1. The van der Waals surface area contributed by atoms with Gasteiger partial charge in [0.15, 0.2) is 16.3 Å². The van der Waals surface area contributed by atoms with Gasteiger partial charge in [0.05, 0.1) is 0 Å². The number of oxazole rings is 1. The van der Waals surface area contributed by atoms with E-state index in [0.29, 0.717) is 23.5 Å². The van der Waals surface area contributed by atoms with Crippen molar-refractivity contribution in [1.82, 2.24) is 15.3 Å². The van der Waals surface area contributed by atoms with Crippen molar-refractivity contribution < 1.29 is 9.21 Å². The number of carbonyl (C=O) groups excluding carboxylic acids is 1. The Balaban J connectivity index is 1.76. The summed E-state index contributed by atoms with van der Waals surface area (Å²) < 4.78 is 5.71. The van der Waals surface area contributed by atoms with Crippen LogP contribution in [0.4, 0.5) is 5.69 Å². The van der Waals surface area contributed by atoms with Gasteiger partial charge in [-0.05, 0) is 49.0 Å². The van der Waals surface area contributed by atoms with Crippen LogP contribution < -0.4 is 10.6 Å². The summed E-state index contributed by atoms with van der Waals surface area (Å²) in [6.07, 6.45) is 2.89. The van der Waals surface area contributed by atoms with E-state index in [9.17, 15) is 4.79 Å². The maximum absolute atomic E-state index is 11.6. The van der Waals surface area contributed by atoms with E-state index in [0.717, 1.165) is 17.7 Å². The highest BCUT2D eigenvalue weighted by Gasteiger charge is 2.10. The molecule has 24 heavy (non-hydrogen) atoms. The van der Waals surface area contributed by atoms with Crippen LogP contribution in [0.5, 0.6) is 0 Å². The van der Waals surface area contributed by atoms with Crippen LogP contribution in [0.2, 0.25) is 0 Å². The highest BCUT2D eigenvalue weighted by atomic mass is 32.1. The molecular weight excluding hydrogens is 324 g/mol. The first kappa shape index (κ1) is 16.1. The van der Waals surface area contributed by atoms with Gasteiger partial charge in [0.2, 0.25) is 11.8 Å². The van der Waals surface area contributed by atoms with E-state index < -0.39 is 0 Å². The molecule has 0 aliphatic carbocycles. The molecule has 0 saturated heterocycles. The van der Waals surface area contributed by atoms with Crippen LogP contribution in [-0.2, 0) is 4.79 Å². The molecule has 7 heteroatoms. The Labute approximate surface area is 144 Å². The molecule has 0 aliphatic heterocycles. The Morgan fingerprint density at radius 2 is 2.17 bits per heavy atom. The van der Waals surface area contributed by atoms with Crippen molar-refractivity contribution in [3.05, 3.63) is 42.6 Å². The van der Waals surface area contributed by atoms with Gasteiger partial charge >= 0.3 is 0 Å². The predicted molar refractivity (Wildman–Crippen MR) is 96.5 cm³/mol. The summed E-state index contributed by atoms with van der Waals surface area (Å²) in [7, 11) is 0. The molecule has 0 atom stereocenters. The largest absolute Gasteiger partial charge is 0.434 e. The molecule has 0 fully saturated rings. The summed E-state index contributed by atoms with van der Waals surface area (Å²) in [5, 5.41) is 5.90. The van der Waals surface area contributed by atoms with Crippen LogP contribution >= 0.6 is 12.2 Å². The monoisotopic (exact) mass is 340 g/mol. The average Bonchev–Trinajstić information content (AvgIpc) is 2.99. The minimum atomic E-state index is -0.101. The molecule has 0 unspecified atom stereocenters. The second-order valence-corrected chi connectivity index (χ2v) is 5.59. The third kappa shape index (κ3) is 3.75. The zero-order chi connectivity index (χ0) is 16.9. The molecule has 2 aromatic heterocycles. The molecule has 0 bridgehead atoms. The Hall–Kier alpha value is -2.80. The summed E-state index contributed by atoms with van der Waals surface area (Å²) in [5.74, 6) is 0.379. The molecular formula is C17H16N4O2S. The fourth-order valence-corrected chi connectivity index (χ4v) is 2.43. The van der Waals surface area contributed by atoms with Crippen LogP contribution in [0, 0.1) is 0 Å². The zero-order valence-corrected chi connectivity index (χ0v) is 13.9. The lowest BCUT2D eigenvalue weighted by Gasteiger charge is -2.09. The second-order valence-electron chi connectivity index (χ2n) is 5.18. The molecule has 3 rings (SSSR count). The number of hydrogen-bond acceptors (Lipinski definition) is 5. The Morgan fingerprint density at radius 3 is 2.96 bits per heavy atom. The number of aromatic nitrogens is 2. The highest BCUT2D eigenvalue weighted by Crippen LogP contribution is 2.25. The molecule has 1 amide bonds. The smallest absolute Gasteiger partial charge is 0.228 e. The van der Waals surface area contributed by atoms with E-state index in [4.69, 9.17) is 16.6 Å². The van der Waals surface area contributed by atoms with Gasteiger partial charge in [0.1, 0.15) is 0 Å². The zero-order valence-electron chi connectivity index (χ0n) is 13.1. The lowest BCUT2D eigenvalue weighted by atomic mass is 10.2. The topological polar surface area (TPSA) is 80.0 Å². The van der Waals surface area contributed by atoms with E-state index in [1.165, 1.54) is 0 Å². The van der Waals surface area contributed by atoms with Crippen LogP contribution in [0.25, 0.3) is 22.7 Å². The number of thiocarbonyl (C=S) groups is 1. The first-order valence-corrected chi connectivity index (χ1v) is 7.99. The van der Waals surface area contributed by atoms with Crippen molar-refractivity contribution in [2.75, 3.05) is 5.32 Å². The molecule has 0 radical (unpaired) electrons. The predicted octanol–water partition coefficient (Wildman–Crippen LogP) is 3.50. The Bertz CT molecular complexity index is 858. The number of pyridine rings is 1. The van der Waals surface area contributed by atoms with Crippen LogP contribution in [-0.4, -0.2) is 21.0 Å². The quantitative estimate of drug-likeness (QED) is 0.708. The summed E-state index contributed by atoms with van der Waals surface area (Å²) in [6.45, 7) is 1.94. The maximum atomic E-state index is 11.6. The van der Waals surface area contributed by atoms with Gasteiger partial charge in [-0.25, -0.2) is 4.98 Å². The van der Waals surface area contributed by atoms with Crippen molar-refractivity contribution >= 4 is 40.2 Å². The number of rotatable bonds is 4. The van der Waals surface area contributed by atoms with Crippen molar-refractivity contribution in [2.24, 2.45) is 0 Å². The van der Waals surface area contributed by atoms with Gasteiger partial charge in [-0.15, -0.1) is 0 Å². The molecule has 3 aromatic rings. The molecule has 2 N–H and O–H groups in total. The minimum Gasteiger partial charge on any atom is -0.434 e. The second kappa shape index (κ2) is 7.18. The SMILES string of the molecule is CCCC(=O)NC(=S)Nc1cccc(-c2nc3ncccc3o2)c1. The fraction of sp³-hybridized carbons (Fsp3) is 0.176. The summed E-state index contributed by atoms with van der Waals surface area (Å²) in [5.41, 5.74) is 2.73. The maximum Gasteiger partial charge on any atom is 0.228 e. The number of amides is 1. The molecule has 1 aromatic carbocycles. The number of anilines is 1. The summed E-state index contributed by atoms with van der Waals surface area (Å²) >= 11 is 5.15. The Morgan fingerprint density at radius 1 is 1.29 bits per heavy atom. The van der Waals surface area contributed by atoms with Gasteiger partial charge in [-0.1, -0.05) is 13.0 Å². The van der Waals surface area contributed by atoms with Crippen molar-refractivity contribution in [2.45, 2.75) is 19.8 Å². The van der Waals surface area contributed by atoms with E-state index in [1.807, 2.05) is 37.3 Å². The third-order valence-corrected chi connectivity index (χ3v) is 3.47. The third-order valence-electron chi connectivity index (χ3n) is 3.26. The molecule has 0 aliphatic rings. The minimum absolute atomic E-state index is 0.101. The van der Waals surface area contributed by atoms with E-state index in [-0.39, 0.29) is 11.0 Å². The Kier molecular flexibility index (Phi) is 4.81. The van der Waals surface area contributed by atoms with Crippen molar-refractivity contribution in [3.63, 3.8) is 0 Å². The number of fused-ring (bicyclic) bond motifs is 1. The van der Waals surface area contributed by atoms with E-state index in [2.05, 4.69) is 20.6 Å². The summed E-state index contributed by atoms with van der Waals surface area (Å²) in [4.78, 5) is 20.1. The normalized spacial score (nSPS) is 10.5. The standard InChI is InChI=1S/C17H16N4O2S/c1-2-5-14(22)20-17(24)19-12-7-3-6-11(10-12)16-21-15-13(23-16)8-4-9-18-15/h3-4,6-10H,2,5H2,1H3,(H2,19,20,22,24). The molecule has 122 valence electrons. The number of benzene rings is 1. The van der Waals surface area contributed by atoms with Gasteiger partial charge in [-0.3, -0.25) is 4.79 Å². The number of hydrogen-bond donors (Lipinski definition) is 2. The number of nitrogens with one attached hydrogen (secondary N) is 2. The van der Waals surface area contributed by atoms with E-state index in [1.54, 1.807) is 12.3 Å². The van der Waals surface area contributed by atoms with Gasteiger partial charge in [0.25, 0.3) is 0 Å². The van der Waals surface area contributed by atoms with Gasteiger partial charge < -0.3 is 15.1 Å². The highest BCUT2D eigenvalue weighted by molar-refractivity contribution is 7.80. The fourth-order valence-electron chi connectivity index (χ4n) is 2.20. The molecule has 2 heterocycles. The average molecular weight is 340 g/mol. The lowest BCUT2D eigenvalue weighted by Crippen LogP contribution is -2.33. The molecule has 0 spiro atoms. The number of carbonyl (C=O) groups is 1. The number of nitrogens with zero attached hydrogens (tertiary/aromatic N) is 2. The van der Waals surface area contributed by atoms with Gasteiger partial charge in [-0.2, -0.15) is 4.98 Å². The molecule has 6 nitrogen and oxygen atoms in total. The first-order valence-electron chi connectivity index (χ1n) is 7.58. The van der Waals surface area contributed by atoms with Gasteiger partial charge in [0, 0.05) is 23.9 Å². The lowest BCUT2D eigenvalue weighted by molar-refractivity contribution is -0.119. The van der Waals surface area contributed by atoms with Crippen LogP contribution in [0.3, 0.4) is 0 Å². The van der Waals surface area contributed by atoms with Crippen LogP contribution in [0.15, 0.2) is 47.0 Å². The molecule has 0 saturated carbocycles. The van der Waals surface area contributed by atoms with Crippen molar-refractivity contribution in [1.29, 1.82) is 0 Å². The van der Waals surface area contributed by atoms with Crippen LogP contribution in [0.1, 0.15) is 19.8 Å². The first-order chi connectivity index (χ1) is 11.7. The van der Waals surface area contributed by atoms with E-state index >= 15 is 0 Å². The van der Waals surface area contributed by atoms with Crippen molar-refractivity contribution in [3.8, 4) is 11.5 Å².